The van der Waals surface area contributed by atoms with Gasteiger partial charge in [0.1, 0.15) is 23.3 Å². The molecule has 6 nitrogen and oxygen atoms in total. The third-order valence-corrected chi connectivity index (χ3v) is 3.92. The van der Waals surface area contributed by atoms with Gasteiger partial charge < -0.3 is 14.6 Å². The van der Waals surface area contributed by atoms with Gasteiger partial charge in [-0.2, -0.15) is 0 Å². The van der Waals surface area contributed by atoms with Crippen molar-refractivity contribution in [3.8, 4) is 17.0 Å². The average Bonchev–Trinajstić information content (AvgIpc) is 3.12. The molecule has 0 radical (unpaired) electrons. The largest absolute Gasteiger partial charge is 0.497 e. The maximum Gasteiger partial charge on any atom is 0.228 e. The van der Waals surface area contributed by atoms with Crippen LogP contribution < -0.4 is 10.1 Å². The van der Waals surface area contributed by atoms with E-state index in [2.05, 4.69) is 20.4 Å². The second kappa shape index (κ2) is 6.60. The van der Waals surface area contributed by atoms with Crippen LogP contribution >= 0.6 is 0 Å². The van der Waals surface area contributed by atoms with Crippen molar-refractivity contribution in [3.63, 3.8) is 0 Å². The fourth-order valence-electron chi connectivity index (χ4n) is 2.60. The van der Waals surface area contributed by atoms with Gasteiger partial charge in [-0.3, -0.25) is 0 Å². The minimum Gasteiger partial charge on any atom is -0.497 e. The predicted octanol–water partition coefficient (Wildman–Crippen LogP) is 3.91. The number of benzene rings is 2. The van der Waals surface area contributed by atoms with Crippen LogP contribution in [0, 0.1) is 0 Å². The third-order valence-electron chi connectivity index (χ3n) is 3.92. The number of fused-ring (bicyclic) bond motifs is 1. The predicted molar refractivity (Wildman–Crippen MR) is 95.4 cm³/mol. The molecule has 1 N–H and O–H groups in total. The number of aromatic nitrogens is 3. The van der Waals surface area contributed by atoms with Gasteiger partial charge in [-0.1, -0.05) is 47.6 Å². The number of anilines is 1. The molecule has 2 aromatic heterocycles. The summed E-state index contributed by atoms with van der Waals surface area (Å²) in [4.78, 5) is 8.61. The van der Waals surface area contributed by atoms with Crippen molar-refractivity contribution < 1.29 is 9.26 Å². The van der Waals surface area contributed by atoms with Gasteiger partial charge in [0, 0.05) is 12.1 Å². The molecule has 0 amide bonds. The van der Waals surface area contributed by atoms with Gasteiger partial charge in [0.25, 0.3) is 0 Å². The number of nitrogens with one attached hydrogen (secondary N) is 1. The minimum atomic E-state index is 0.551. The van der Waals surface area contributed by atoms with Crippen LogP contribution in [0.3, 0.4) is 0 Å². The monoisotopic (exact) mass is 332 g/mol. The summed E-state index contributed by atoms with van der Waals surface area (Å²) in [6.45, 7) is 0.609. The number of methoxy groups -OCH3 is 1. The van der Waals surface area contributed by atoms with E-state index in [1.807, 2.05) is 54.6 Å². The van der Waals surface area contributed by atoms with Gasteiger partial charge >= 0.3 is 0 Å². The fraction of sp³-hybridized carbons (Fsp3) is 0.105. The molecule has 2 aromatic carbocycles. The molecule has 0 aliphatic carbocycles. The summed E-state index contributed by atoms with van der Waals surface area (Å²) in [5.41, 5.74) is 4.02. The zero-order chi connectivity index (χ0) is 17.1. The van der Waals surface area contributed by atoms with Crippen LogP contribution in [0.5, 0.6) is 5.75 Å². The highest BCUT2D eigenvalue weighted by molar-refractivity contribution is 5.93. The summed E-state index contributed by atoms with van der Waals surface area (Å²) in [5, 5.41) is 7.45. The first kappa shape index (κ1) is 15.1. The van der Waals surface area contributed by atoms with E-state index in [1.165, 1.54) is 6.33 Å². The summed E-state index contributed by atoms with van der Waals surface area (Å²) in [6, 6.07) is 17.7. The van der Waals surface area contributed by atoms with Crippen molar-refractivity contribution in [2.75, 3.05) is 12.4 Å². The normalized spacial score (nSPS) is 10.8. The average molecular weight is 332 g/mol. The van der Waals surface area contributed by atoms with E-state index >= 15 is 0 Å². The van der Waals surface area contributed by atoms with Crippen LogP contribution in [-0.2, 0) is 6.54 Å². The van der Waals surface area contributed by atoms with Gasteiger partial charge in [-0.25, -0.2) is 9.97 Å². The van der Waals surface area contributed by atoms with E-state index in [1.54, 1.807) is 7.11 Å². The Morgan fingerprint density at radius 2 is 1.80 bits per heavy atom. The lowest BCUT2D eigenvalue weighted by Crippen LogP contribution is -2.02. The number of hydrogen-bond donors (Lipinski definition) is 1. The van der Waals surface area contributed by atoms with Crippen molar-refractivity contribution in [2.45, 2.75) is 6.54 Å². The van der Waals surface area contributed by atoms with E-state index in [-0.39, 0.29) is 0 Å². The molecule has 0 saturated heterocycles. The Bertz CT molecular complexity index is 981. The first-order valence-corrected chi connectivity index (χ1v) is 7.88. The van der Waals surface area contributed by atoms with Crippen molar-refractivity contribution in [1.82, 2.24) is 15.1 Å². The quantitative estimate of drug-likeness (QED) is 0.597. The SMILES string of the molecule is COc1ccc(CNc2ncnc3c(-c4ccccc4)noc23)cc1. The molecule has 0 saturated carbocycles. The molecule has 0 aliphatic heterocycles. The lowest BCUT2D eigenvalue weighted by Gasteiger charge is -2.06. The molecule has 2 heterocycles. The van der Waals surface area contributed by atoms with Gasteiger partial charge in [0.15, 0.2) is 5.82 Å². The van der Waals surface area contributed by atoms with Crippen LogP contribution in [0.4, 0.5) is 5.82 Å². The Morgan fingerprint density at radius 1 is 1.00 bits per heavy atom. The Morgan fingerprint density at radius 3 is 2.56 bits per heavy atom. The zero-order valence-corrected chi connectivity index (χ0v) is 13.6. The van der Waals surface area contributed by atoms with Crippen LogP contribution in [0.2, 0.25) is 0 Å². The van der Waals surface area contributed by atoms with Crippen molar-refractivity contribution in [3.05, 3.63) is 66.5 Å². The number of nitrogens with zero attached hydrogens (tertiary/aromatic N) is 3. The van der Waals surface area contributed by atoms with Gasteiger partial charge in [-0.15, -0.1) is 0 Å². The molecular formula is C19H16N4O2. The molecule has 0 aliphatic rings. The summed E-state index contributed by atoms with van der Waals surface area (Å²) in [7, 11) is 1.65. The maximum atomic E-state index is 5.50. The first-order valence-electron chi connectivity index (χ1n) is 7.88. The lowest BCUT2D eigenvalue weighted by molar-refractivity contribution is 0.414. The second-order valence-corrected chi connectivity index (χ2v) is 5.50. The Hall–Kier alpha value is -3.41. The number of hydrogen-bond acceptors (Lipinski definition) is 6. The lowest BCUT2D eigenvalue weighted by atomic mass is 10.1. The van der Waals surface area contributed by atoms with E-state index in [9.17, 15) is 0 Å². The first-order chi connectivity index (χ1) is 12.3. The molecule has 4 rings (SSSR count). The minimum absolute atomic E-state index is 0.551. The van der Waals surface area contributed by atoms with Gasteiger partial charge in [0.2, 0.25) is 5.58 Å². The Labute approximate surface area is 144 Å². The molecule has 0 fully saturated rings. The van der Waals surface area contributed by atoms with E-state index < -0.39 is 0 Å². The third kappa shape index (κ3) is 3.01. The molecular weight excluding hydrogens is 316 g/mol. The molecule has 0 unspecified atom stereocenters. The molecule has 0 atom stereocenters. The van der Waals surface area contributed by atoms with Gasteiger partial charge in [-0.05, 0) is 17.7 Å². The number of rotatable bonds is 5. The number of ether oxygens (including phenoxy) is 1. The van der Waals surface area contributed by atoms with Crippen molar-refractivity contribution in [1.29, 1.82) is 0 Å². The molecule has 4 aromatic rings. The summed E-state index contributed by atoms with van der Waals surface area (Å²) >= 11 is 0. The van der Waals surface area contributed by atoms with E-state index in [0.29, 0.717) is 29.2 Å². The van der Waals surface area contributed by atoms with E-state index in [4.69, 9.17) is 9.26 Å². The maximum absolute atomic E-state index is 5.50. The Balaban J connectivity index is 1.61. The molecule has 6 heteroatoms. The highest BCUT2D eigenvalue weighted by Crippen LogP contribution is 2.29. The topological polar surface area (TPSA) is 73.1 Å². The highest BCUT2D eigenvalue weighted by Gasteiger charge is 2.15. The summed E-state index contributed by atoms with van der Waals surface area (Å²) in [5.74, 6) is 1.45. The molecule has 0 bridgehead atoms. The standard InChI is InChI=1S/C19H16N4O2/c1-24-15-9-7-13(8-10-15)11-20-19-18-17(21-12-22-19)16(23-25-18)14-5-3-2-4-6-14/h2-10,12H,11H2,1H3,(H,20,21,22). The smallest absolute Gasteiger partial charge is 0.228 e. The Kier molecular flexibility index (Phi) is 4.00. The zero-order valence-electron chi connectivity index (χ0n) is 13.6. The molecule has 124 valence electrons. The van der Waals surface area contributed by atoms with Crippen molar-refractivity contribution in [2.24, 2.45) is 0 Å². The second-order valence-electron chi connectivity index (χ2n) is 5.50. The van der Waals surface area contributed by atoms with Crippen LogP contribution in [0.1, 0.15) is 5.56 Å². The van der Waals surface area contributed by atoms with Crippen LogP contribution in [0.15, 0.2) is 65.4 Å². The summed E-state index contributed by atoms with van der Waals surface area (Å²) < 4.78 is 10.7. The fourth-order valence-corrected chi connectivity index (χ4v) is 2.60. The van der Waals surface area contributed by atoms with E-state index in [0.717, 1.165) is 16.9 Å². The molecule has 0 spiro atoms. The van der Waals surface area contributed by atoms with Crippen molar-refractivity contribution >= 4 is 16.9 Å². The van der Waals surface area contributed by atoms with Crippen LogP contribution in [-0.4, -0.2) is 22.2 Å². The molecule has 25 heavy (non-hydrogen) atoms. The van der Waals surface area contributed by atoms with Crippen LogP contribution in [0.25, 0.3) is 22.4 Å². The summed E-state index contributed by atoms with van der Waals surface area (Å²) in [6.07, 6.45) is 1.52. The van der Waals surface area contributed by atoms with Gasteiger partial charge in [0.05, 0.1) is 7.11 Å². The highest BCUT2D eigenvalue weighted by atomic mass is 16.5.